The maximum absolute atomic E-state index is 12.4. The van der Waals surface area contributed by atoms with Gasteiger partial charge >= 0.3 is 0 Å². The summed E-state index contributed by atoms with van der Waals surface area (Å²) < 4.78 is 0. The molecule has 3 nitrogen and oxygen atoms in total. The number of benzene rings is 2. The summed E-state index contributed by atoms with van der Waals surface area (Å²) >= 11 is 0. The quantitative estimate of drug-likeness (QED) is 0.708. The molecule has 0 atom stereocenters. The Morgan fingerprint density at radius 2 is 1.80 bits per heavy atom. The van der Waals surface area contributed by atoms with Crippen molar-refractivity contribution in [3.63, 3.8) is 0 Å². The fourth-order valence-corrected chi connectivity index (χ4v) is 2.93. The molecule has 20 heavy (non-hydrogen) atoms. The van der Waals surface area contributed by atoms with Crippen molar-refractivity contribution in [1.29, 1.82) is 0 Å². The van der Waals surface area contributed by atoms with Crippen LogP contribution in [0.2, 0.25) is 0 Å². The van der Waals surface area contributed by atoms with Gasteiger partial charge in [0.1, 0.15) is 0 Å². The molecule has 98 valence electrons. The van der Waals surface area contributed by atoms with E-state index in [0.29, 0.717) is 0 Å². The van der Waals surface area contributed by atoms with Crippen molar-refractivity contribution in [2.24, 2.45) is 0 Å². The molecule has 0 fully saturated rings. The maximum Gasteiger partial charge on any atom is 0.256 e. The van der Waals surface area contributed by atoms with Gasteiger partial charge in [0.05, 0.1) is 0 Å². The second-order valence-corrected chi connectivity index (χ2v) is 5.15. The summed E-state index contributed by atoms with van der Waals surface area (Å²) in [5.41, 5.74) is 5.18. The first-order chi connectivity index (χ1) is 9.83. The molecule has 0 radical (unpaired) electrons. The highest BCUT2D eigenvalue weighted by molar-refractivity contribution is 5.84. The van der Waals surface area contributed by atoms with Crippen molar-refractivity contribution in [3.8, 4) is 11.1 Å². The Morgan fingerprint density at radius 1 is 0.900 bits per heavy atom. The SMILES string of the molecule is O=c1[nH]c2ccccc2cc1-c1cccc2c1CNC2. The van der Waals surface area contributed by atoms with Gasteiger partial charge in [0, 0.05) is 24.2 Å². The van der Waals surface area contributed by atoms with Gasteiger partial charge in [0.15, 0.2) is 0 Å². The van der Waals surface area contributed by atoms with Crippen LogP contribution >= 0.6 is 0 Å². The Balaban J connectivity index is 2.01. The van der Waals surface area contributed by atoms with Crippen LogP contribution in [0.1, 0.15) is 11.1 Å². The Bertz CT molecular complexity index is 864. The highest BCUT2D eigenvalue weighted by Crippen LogP contribution is 2.28. The molecule has 0 saturated heterocycles. The molecule has 0 bridgehead atoms. The van der Waals surface area contributed by atoms with E-state index in [0.717, 1.165) is 35.1 Å². The van der Waals surface area contributed by atoms with Gasteiger partial charge in [-0.1, -0.05) is 36.4 Å². The van der Waals surface area contributed by atoms with Gasteiger partial charge in [0.25, 0.3) is 5.56 Å². The first kappa shape index (κ1) is 11.4. The van der Waals surface area contributed by atoms with E-state index in [9.17, 15) is 4.79 Å². The minimum absolute atomic E-state index is 0.0241. The first-order valence-corrected chi connectivity index (χ1v) is 6.77. The van der Waals surface area contributed by atoms with E-state index in [4.69, 9.17) is 0 Å². The van der Waals surface area contributed by atoms with Crippen LogP contribution in [-0.4, -0.2) is 4.98 Å². The molecule has 3 aromatic rings. The molecule has 2 aromatic carbocycles. The van der Waals surface area contributed by atoms with E-state index < -0.39 is 0 Å². The third-order valence-corrected chi connectivity index (χ3v) is 3.93. The number of para-hydroxylation sites is 1. The van der Waals surface area contributed by atoms with E-state index in [1.165, 1.54) is 11.1 Å². The van der Waals surface area contributed by atoms with Gasteiger partial charge in [-0.3, -0.25) is 4.79 Å². The number of rotatable bonds is 1. The number of H-pyrrole nitrogens is 1. The Labute approximate surface area is 116 Å². The molecule has 0 unspecified atom stereocenters. The van der Waals surface area contributed by atoms with Crippen LogP contribution in [0, 0.1) is 0 Å². The van der Waals surface area contributed by atoms with Gasteiger partial charge in [-0.05, 0) is 34.2 Å². The summed E-state index contributed by atoms with van der Waals surface area (Å²) in [6.45, 7) is 1.71. The molecule has 1 aliphatic heterocycles. The number of hydrogen-bond donors (Lipinski definition) is 2. The second kappa shape index (κ2) is 4.32. The lowest BCUT2D eigenvalue weighted by Gasteiger charge is -2.08. The van der Waals surface area contributed by atoms with E-state index >= 15 is 0 Å². The molecular formula is C17H14N2O. The maximum atomic E-state index is 12.4. The molecule has 0 spiro atoms. The largest absolute Gasteiger partial charge is 0.321 e. The van der Waals surface area contributed by atoms with E-state index in [1.807, 2.05) is 42.5 Å². The lowest BCUT2D eigenvalue weighted by atomic mass is 9.97. The number of hydrogen-bond acceptors (Lipinski definition) is 2. The molecule has 0 amide bonds. The fraction of sp³-hybridized carbons (Fsp3) is 0.118. The molecule has 2 N–H and O–H groups in total. The molecule has 4 rings (SSSR count). The van der Waals surface area contributed by atoms with Crippen molar-refractivity contribution in [2.75, 3.05) is 0 Å². The van der Waals surface area contributed by atoms with Crippen molar-refractivity contribution >= 4 is 10.9 Å². The van der Waals surface area contributed by atoms with Crippen LogP contribution in [0.15, 0.2) is 53.3 Å². The standard InChI is InChI=1S/C17H14N2O/c20-17-14(8-11-4-1-2-7-16(11)19-17)13-6-3-5-12-9-18-10-15(12)13/h1-8,18H,9-10H2,(H,19,20). The third-order valence-electron chi connectivity index (χ3n) is 3.93. The van der Waals surface area contributed by atoms with Crippen LogP contribution < -0.4 is 10.9 Å². The Hall–Kier alpha value is -2.39. The van der Waals surface area contributed by atoms with Gasteiger partial charge < -0.3 is 10.3 Å². The Kier molecular flexibility index (Phi) is 2.47. The molecular weight excluding hydrogens is 248 g/mol. The average molecular weight is 262 g/mol. The van der Waals surface area contributed by atoms with Gasteiger partial charge in [0.2, 0.25) is 0 Å². The molecule has 1 aliphatic rings. The lowest BCUT2D eigenvalue weighted by molar-refractivity contribution is 0.765. The third kappa shape index (κ3) is 1.67. The summed E-state index contributed by atoms with van der Waals surface area (Å²) in [5.74, 6) is 0. The number of nitrogens with one attached hydrogen (secondary N) is 2. The van der Waals surface area contributed by atoms with Crippen molar-refractivity contribution in [3.05, 3.63) is 70.0 Å². The minimum atomic E-state index is -0.0241. The molecule has 2 heterocycles. The first-order valence-electron chi connectivity index (χ1n) is 6.77. The normalized spacial score (nSPS) is 13.6. The highest BCUT2D eigenvalue weighted by atomic mass is 16.1. The van der Waals surface area contributed by atoms with E-state index in [1.54, 1.807) is 0 Å². The highest BCUT2D eigenvalue weighted by Gasteiger charge is 2.16. The number of pyridine rings is 1. The van der Waals surface area contributed by atoms with Crippen LogP contribution in [0.3, 0.4) is 0 Å². The lowest BCUT2D eigenvalue weighted by Crippen LogP contribution is -2.10. The monoisotopic (exact) mass is 262 g/mol. The number of aromatic amines is 1. The van der Waals surface area contributed by atoms with Crippen molar-refractivity contribution in [2.45, 2.75) is 13.1 Å². The van der Waals surface area contributed by atoms with Crippen LogP contribution in [0.25, 0.3) is 22.0 Å². The zero-order chi connectivity index (χ0) is 13.5. The summed E-state index contributed by atoms with van der Waals surface area (Å²) in [4.78, 5) is 15.3. The smallest absolute Gasteiger partial charge is 0.256 e. The Morgan fingerprint density at radius 3 is 2.75 bits per heavy atom. The van der Waals surface area contributed by atoms with Gasteiger partial charge in [-0.2, -0.15) is 0 Å². The van der Waals surface area contributed by atoms with Crippen molar-refractivity contribution < 1.29 is 0 Å². The summed E-state index contributed by atoms with van der Waals surface area (Å²) in [6, 6.07) is 16.0. The zero-order valence-corrected chi connectivity index (χ0v) is 10.9. The molecule has 3 heteroatoms. The fourth-order valence-electron chi connectivity index (χ4n) is 2.93. The molecule has 1 aromatic heterocycles. The van der Waals surface area contributed by atoms with Crippen LogP contribution in [0.4, 0.5) is 0 Å². The van der Waals surface area contributed by atoms with Crippen molar-refractivity contribution in [1.82, 2.24) is 10.3 Å². The molecule has 0 saturated carbocycles. The second-order valence-electron chi connectivity index (χ2n) is 5.15. The predicted octanol–water partition coefficient (Wildman–Crippen LogP) is 2.80. The van der Waals surface area contributed by atoms with Gasteiger partial charge in [-0.15, -0.1) is 0 Å². The van der Waals surface area contributed by atoms with Gasteiger partial charge in [-0.25, -0.2) is 0 Å². The zero-order valence-electron chi connectivity index (χ0n) is 10.9. The average Bonchev–Trinajstić information content (AvgIpc) is 2.95. The van der Waals surface area contributed by atoms with E-state index in [2.05, 4.69) is 16.4 Å². The predicted molar refractivity (Wildman–Crippen MR) is 80.5 cm³/mol. The minimum Gasteiger partial charge on any atom is -0.321 e. The topological polar surface area (TPSA) is 44.9 Å². The summed E-state index contributed by atoms with van der Waals surface area (Å²) in [7, 11) is 0. The number of aromatic nitrogens is 1. The van der Waals surface area contributed by atoms with Crippen LogP contribution in [0.5, 0.6) is 0 Å². The van der Waals surface area contributed by atoms with E-state index in [-0.39, 0.29) is 5.56 Å². The molecule has 0 aliphatic carbocycles. The summed E-state index contributed by atoms with van der Waals surface area (Å²) in [5, 5.41) is 4.40. The van der Waals surface area contributed by atoms with Crippen LogP contribution in [-0.2, 0) is 13.1 Å². The summed E-state index contributed by atoms with van der Waals surface area (Å²) in [6.07, 6.45) is 0. The number of fused-ring (bicyclic) bond motifs is 2.